The lowest BCUT2D eigenvalue weighted by atomic mass is 10.3. The Kier molecular flexibility index (Phi) is 3.74. The normalized spacial score (nSPS) is 10.3. The summed E-state index contributed by atoms with van der Waals surface area (Å²) in [7, 11) is 0. The Balaban J connectivity index is 2.31. The number of nitrogens with two attached hydrogens (primary N) is 1. The molecule has 0 unspecified atom stereocenters. The highest BCUT2D eigenvalue weighted by molar-refractivity contribution is 5.64. The summed E-state index contributed by atoms with van der Waals surface area (Å²) in [6, 6.07) is 3.57. The van der Waals surface area contributed by atoms with Crippen molar-refractivity contribution >= 4 is 23.1 Å². The molecule has 0 atom stereocenters. The van der Waals surface area contributed by atoms with Crippen LogP contribution in [0.3, 0.4) is 0 Å². The zero-order valence-corrected chi connectivity index (χ0v) is 10.2. The van der Waals surface area contributed by atoms with Gasteiger partial charge in [0.05, 0.1) is 11.9 Å². The molecule has 5 nitrogen and oxygen atoms in total. The van der Waals surface area contributed by atoms with Crippen molar-refractivity contribution in [2.45, 2.75) is 6.92 Å². The fourth-order valence-electron chi connectivity index (χ4n) is 1.49. The van der Waals surface area contributed by atoms with Crippen LogP contribution >= 0.6 is 0 Å². The molecule has 4 N–H and O–H groups in total. The summed E-state index contributed by atoms with van der Waals surface area (Å²) < 4.78 is 26.9. The molecule has 7 heteroatoms. The fourth-order valence-corrected chi connectivity index (χ4v) is 1.49. The Morgan fingerprint density at radius 3 is 2.58 bits per heavy atom. The summed E-state index contributed by atoms with van der Waals surface area (Å²) in [5.41, 5.74) is 5.73. The SMILES string of the molecule is CCNc1nc(Nc2c(F)cccc2F)ncc1N. The third-order valence-corrected chi connectivity index (χ3v) is 2.36. The number of para-hydroxylation sites is 1. The maximum atomic E-state index is 13.5. The maximum Gasteiger partial charge on any atom is 0.229 e. The second-order valence-electron chi connectivity index (χ2n) is 3.75. The van der Waals surface area contributed by atoms with Gasteiger partial charge in [-0.3, -0.25) is 0 Å². The molecule has 0 radical (unpaired) electrons. The minimum Gasteiger partial charge on any atom is -0.394 e. The van der Waals surface area contributed by atoms with Crippen LogP contribution in [0.15, 0.2) is 24.4 Å². The summed E-state index contributed by atoms with van der Waals surface area (Å²) in [4.78, 5) is 7.93. The van der Waals surface area contributed by atoms with E-state index < -0.39 is 11.6 Å². The fraction of sp³-hybridized carbons (Fsp3) is 0.167. The van der Waals surface area contributed by atoms with E-state index in [-0.39, 0.29) is 11.6 Å². The average molecular weight is 265 g/mol. The molecule has 2 rings (SSSR count). The van der Waals surface area contributed by atoms with Crippen LogP contribution in [0, 0.1) is 11.6 Å². The van der Waals surface area contributed by atoms with Gasteiger partial charge in [0.2, 0.25) is 5.95 Å². The third kappa shape index (κ3) is 2.87. The monoisotopic (exact) mass is 265 g/mol. The number of rotatable bonds is 4. The number of nitrogen functional groups attached to an aromatic ring is 1. The van der Waals surface area contributed by atoms with Crippen molar-refractivity contribution in [1.29, 1.82) is 0 Å². The van der Waals surface area contributed by atoms with Gasteiger partial charge in [-0.05, 0) is 19.1 Å². The van der Waals surface area contributed by atoms with Crippen molar-refractivity contribution in [1.82, 2.24) is 9.97 Å². The molecule has 1 aromatic heterocycles. The molecule has 19 heavy (non-hydrogen) atoms. The van der Waals surface area contributed by atoms with Crippen LogP contribution in [0.5, 0.6) is 0 Å². The molecular weight excluding hydrogens is 252 g/mol. The largest absolute Gasteiger partial charge is 0.394 e. The number of nitrogens with zero attached hydrogens (tertiary/aromatic N) is 2. The number of hydrogen-bond donors (Lipinski definition) is 3. The minimum atomic E-state index is -0.717. The van der Waals surface area contributed by atoms with Crippen molar-refractivity contribution in [3.8, 4) is 0 Å². The van der Waals surface area contributed by atoms with Crippen LogP contribution in [0.1, 0.15) is 6.92 Å². The van der Waals surface area contributed by atoms with Crippen LogP contribution in [-0.2, 0) is 0 Å². The first-order valence-corrected chi connectivity index (χ1v) is 5.69. The first-order valence-electron chi connectivity index (χ1n) is 5.69. The van der Waals surface area contributed by atoms with Crippen LogP contribution in [0.25, 0.3) is 0 Å². The van der Waals surface area contributed by atoms with Crippen LogP contribution in [0.4, 0.5) is 31.9 Å². The second kappa shape index (κ2) is 5.47. The smallest absolute Gasteiger partial charge is 0.229 e. The number of benzene rings is 1. The lowest BCUT2D eigenvalue weighted by molar-refractivity contribution is 0.590. The topological polar surface area (TPSA) is 75.9 Å². The number of aromatic nitrogens is 2. The number of nitrogens with one attached hydrogen (secondary N) is 2. The summed E-state index contributed by atoms with van der Waals surface area (Å²) >= 11 is 0. The van der Waals surface area contributed by atoms with Crippen LogP contribution < -0.4 is 16.4 Å². The van der Waals surface area contributed by atoms with Crippen molar-refractivity contribution in [3.05, 3.63) is 36.0 Å². The molecular formula is C12H13F2N5. The average Bonchev–Trinajstić information content (AvgIpc) is 2.38. The second-order valence-corrected chi connectivity index (χ2v) is 3.75. The van der Waals surface area contributed by atoms with E-state index in [0.29, 0.717) is 18.1 Å². The number of anilines is 4. The minimum absolute atomic E-state index is 0.0640. The highest BCUT2D eigenvalue weighted by Crippen LogP contribution is 2.23. The van der Waals surface area contributed by atoms with E-state index in [1.54, 1.807) is 0 Å². The van der Waals surface area contributed by atoms with Gasteiger partial charge in [0.1, 0.15) is 17.3 Å². The molecule has 1 aromatic carbocycles. The summed E-state index contributed by atoms with van der Waals surface area (Å²) in [6.07, 6.45) is 1.37. The number of hydrogen-bond acceptors (Lipinski definition) is 5. The molecule has 0 fully saturated rings. The van der Waals surface area contributed by atoms with E-state index >= 15 is 0 Å². The Bertz CT molecular complexity index is 568. The molecule has 0 aliphatic rings. The predicted octanol–water partition coefficient (Wildman–Crippen LogP) is 2.51. The van der Waals surface area contributed by atoms with E-state index in [2.05, 4.69) is 20.6 Å². The Morgan fingerprint density at radius 2 is 1.95 bits per heavy atom. The van der Waals surface area contributed by atoms with Gasteiger partial charge in [-0.1, -0.05) is 6.07 Å². The van der Waals surface area contributed by atoms with Crippen LogP contribution in [0.2, 0.25) is 0 Å². The first-order chi connectivity index (χ1) is 9.11. The molecule has 0 saturated heterocycles. The molecule has 0 aliphatic heterocycles. The lowest BCUT2D eigenvalue weighted by Gasteiger charge is -2.10. The van der Waals surface area contributed by atoms with Crippen molar-refractivity contribution in [2.75, 3.05) is 22.9 Å². The van der Waals surface area contributed by atoms with Crippen molar-refractivity contribution in [2.24, 2.45) is 0 Å². The van der Waals surface area contributed by atoms with E-state index in [1.807, 2.05) is 6.92 Å². The zero-order valence-electron chi connectivity index (χ0n) is 10.2. The van der Waals surface area contributed by atoms with E-state index in [4.69, 9.17) is 5.73 Å². The quantitative estimate of drug-likeness (QED) is 0.792. The molecule has 100 valence electrons. The molecule has 0 amide bonds. The van der Waals surface area contributed by atoms with E-state index in [9.17, 15) is 8.78 Å². The summed E-state index contributed by atoms with van der Waals surface area (Å²) in [5, 5.41) is 5.43. The van der Waals surface area contributed by atoms with Crippen LogP contribution in [-0.4, -0.2) is 16.5 Å². The zero-order chi connectivity index (χ0) is 13.8. The van der Waals surface area contributed by atoms with Gasteiger partial charge in [-0.15, -0.1) is 0 Å². The Morgan fingerprint density at radius 1 is 1.26 bits per heavy atom. The van der Waals surface area contributed by atoms with E-state index in [0.717, 1.165) is 12.1 Å². The van der Waals surface area contributed by atoms with Crippen molar-refractivity contribution in [3.63, 3.8) is 0 Å². The van der Waals surface area contributed by atoms with Gasteiger partial charge < -0.3 is 16.4 Å². The maximum absolute atomic E-state index is 13.5. The molecule has 0 bridgehead atoms. The number of halogens is 2. The lowest BCUT2D eigenvalue weighted by Crippen LogP contribution is -2.08. The van der Waals surface area contributed by atoms with Gasteiger partial charge in [-0.25, -0.2) is 13.8 Å². The van der Waals surface area contributed by atoms with Gasteiger partial charge in [-0.2, -0.15) is 4.98 Å². The molecule has 0 spiro atoms. The Hall–Kier alpha value is -2.44. The predicted molar refractivity (Wildman–Crippen MR) is 70.2 cm³/mol. The highest BCUT2D eigenvalue weighted by atomic mass is 19.1. The highest BCUT2D eigenvalue weighted by Gasteiger charge is 2.11. The van der Waals surface area contributed by atoms with Gasteiger partial charge >= 0.3 is 0 Å². The van der Waals surface area contributed by atoms with Gasteiger partial charge in [0.15, 0.2) is 5.82 Å². The third-order valence-electron chi connectivity index (χ3n) is 2.36. The van der Waals surface area contributed by atoms with Gasteiger partial charge in [0, 0.05) is 6.54 Å². The Labute approximate surface area is 108 Å². The molecule has 0 aliphatic carbocycles. The standard InChI is InChI=1S/C12H13F2N5/c1-2-16-11-9(15)6-17-12(19-11)18-10-7(13)4-3-5-8(10)14/h3-6H,2,15H2,1H3,(H2,16,17,18,19). The van der Waals surface area contributed by atoms with Gasteiger partial charge in [0.25, 0.3) is 0 Å². The van der Waals surface area contributed by atoms with E-state index in [1.165, 1.54) is 12.3 Å². The van der Waals surface area contributed by atoms with Crippen molar-refractivity contribution < 1.29 is 8.78 Å². The summed E-state index contributed by atoms with van der Waals surface area (Å²) in [6.45, 7) is 2.50. The molecule has 1 heterocycles. The molecule has 0 saturated carbocycles. The molecule has 2 aromatic rings. The summed E-state index contributed by atoms with van der Waals surface area (Å²) in [5.74, 6) is -0.957. The first kappa shape index (κ1) is 13.0.